The highest BCUT2D eigenvalue weighted by Crippen LogP contribution is 2.58. The van der Waals surface area contributed by atoms with E-state index in [1.807, 2.05) is 6.08 Å². The molecular weight excluding hydrogens is 186 g/mol. The van der Waals surface area contributed by atoms with Gasteiger partial charge in [0.15, 0.2) is 0 Å². The number of piperidine rings is 1. The van der Waals surface area contributed by atoms with Gasteiger partial charge in [0.05, 0.1) is 10.9 Å². The van der Waals surface area contributed by atoms with E-state index >= 15 is 0 Å². The summed E-state index contributed by atoms with van der Waals surface area (Å²) >= 11 is 6.39. The molecule has 0 radical (unpaired) electrons. The van der Waals surface area contributed by atoms with Gasteiger partial charge >= 0.3 is 0 Å². The maximum Gasteiger partial charge on any atom is 0.220 e. The molecule has 1 amide bonds. The van der Waals surface area contributed by atoms with E-state index in [0.717, 1.165) is 6.42 Å². The quantitative estimate of drug-likeness (QED) is 0.532. The predicted octanol–water partition coefficient (Wildman–Crippen LogP) is 1.69. The first-order valence-electron chi connectivity index (χ1n) is 4.69. The molecule has 2 aliphatic rings. The van der Waals surface area contributed by atoms with Crippen molar-refractivity contribution in [3.8, 4) is 0 Å². The molecule has 2 fully saturated rings. The zero-order valence-corrected chi connectivity index (χ0v) is 8.47. The van der Waals surface area contributed by atoms with Crippen molar-refractivity contribution in [1.29, 1.82) is 0 Å². The second-order valence-electron chi connectivity index (χ2n) is 4.17. The summed E-state index contributed by atoms with van der Waals surface area (Å²) < 4.78 is 0. The monoisotopic (exact) mass is 199 g/mol. The van der Waals surface area contributed by atoms with Gasteiger partial charge in [-0.05, 0) is 12.3 Å². The van der Waals surface area contributed by atoms with Crippen LogP contribution in [0.15, 0.2) is 12.7 Å². The third-order valence-electron chi connectivity index (χ3n) is 3.22. The number of rotatable bonds is 2. The van der Waals surface area contributed by atoms with Crippen molar-refractivity contribution in [2.75, 3.05) is 0 Å². The van der Waals surface area contributed by atoms with Gasteiger partial charge in [0.25, 0.3) is 0 Å². The Labute approximate surface area is 83.3 Å². The average molecular weight is 200 g/mol. The molecule has 3 heteroatoms. The van der Waals surface area contributed by atoms with Gasteiger partial charge in [0, 0.05) is 12.3 Å². The summed E-state index contributed by atoms with van der Waals surface area (Å²) in [5.74, 6) is 1.00. The molecule has 0 aromatic carbocycles. The van der Waals surface area contributed by atoms with Crippen LogP contribution in [0.25, 0.3) is 0 Å². The van der Waals surface area contributed by atoms with Crippen molar-refractivity contribution in [3.63, 3.8) is 0 Å². The van der Waals surface area contributed by atoms with Crippen molar-refractivity contribution in [2.45, 2.75) is 30.7 Å². The van der Waals surface area contributed by atoms with Crippen LogP contribution in [0.2, 0.25) is 0 Å². The molecule has 4 atom stereocenters. The Kier molecular flexibility index (Phi) is 1.91. The maximum atomic E-state index is 11.2. The van der Waals surface area contributed by atoms with Crippen LogP contribution in [-0.2, 0) is 4.79 Å². The second kappa shape index (κ2) is 2.74. The Hall–Kier alpha value is -0.500. The minimum absolute atomic E-state index is 0.139. The molecule has 4 unspecified atom stereocenters. The standard InChI is InChI=1S/C10H14ClNO/c1-3-4-10(11)8-6(2)5-7(13)12-9(8)10/h3,6,8-9H,1,4-5H2,2H3,(H,12,13). The normalized spacial score (nSPS) is 47.8. The molecule has 0 aromatic rings. The van der Waals surface area contributed by atoms with E-state index in [1.54, 1.807) is 0 Å². The number of hydrogen-bond acceptors (Lipinski definition) is 1. The van der Waals surface area contributed by atoms with Crippen LogP contribution in [0.3, 0.4) is 0 Å². The molecule has 1 aliphatic heterocycles. The average Bonchev–Trinajstić information content (AvgIpc) is 2.56. The van der Waals surface area contributed by atoms with Crippen molar-refractivity contribution in [3.05, 3.63) is 12.7 Å². The van der Waals surface area contributed by atoms with E-state index in [2.05, 4.69) is 18.8 Å². The Morgan fingerprint density at radius 3 is 3.15 bits per heavy atom. The lowest BCUT2D eigenvalue weighted by molar-refractivity contribution is -0.123. The second-order valence-corrected chi connectivity index (χ2v) is 4.88. The van der Waals surface area contributed by atoms with Gasteiger partial charge in [-0.3, -0.25) is 4.79 Å². The first kappa shape index (κ1) is 9.07. The van der Waals surface area contributed by atoms with Gasteiger partial charge in [0.1, 0.15) is 0 Å². The Balaban J connectivity index is 2.13. The van der Waals surface area contributed by atoms with Crippen molar-refractivity contribution in [1.82, 2.24) is 5.32 Å². The van der Waals surface area contributed by atoms with Crippen LogP contribution in [0.5, 0.6) is 0 Å². The van der Waals surface area contributed by atoms with E-state index in [-0.39, 0.29) is 16.8 Å². The number of carbonyl (C=O) groups excluding carboxylic acids is 1. The number of fused-ring (bicyclic) bond motifs is 1. The number of hydrogen-bond donors (Lipinski definition) is 1. The van der Waals surface area contributed by atoms with Crippen LogP contribution in [0.1, 0.15) is 19.8 Å². The van der Waals surface area contributed by atoms with Crippen molar-refractivity contribution in [2.24, 2.45) is 11.8 Å². The minimum atomic E-state index is -0.229. The summed E-state index contributed by atoms with van der Waals surface area (Å²) in [6, 6.07) is 0.184. The summed E-state index contributed by atoms with van der Waals surface area (Å²) in [7, 11) is 0. The Morgan fingerprint density at radius 2 is 2.54 bits per heavy atom. The van der Waals surface area contributed by atoms with Crippen LogP contribution < -0.4 is 5.32 Å². The van der Waals surface area contributed by atoms with Crippen LogP contribution in [-0.4, -0.2) is 16.8 Å². The zero-order valence-electron chi connectivity index (χ0n) is 7.72. The molecule has 72 valence electrons. The number of carbonyl (C=O) groups is 1. The third kappa shape index (κ3) is 1.19. The van der Waals surface area contributed by atoms with Crippen molar-refractivity contribution < 1.29 is 4.79 Å². The largest absolute Gasteiger partial charge is 0.351 e. The molecule has 2 nitrogen and oxygen atoms in total. The summed E-state index contributed by atoms with van der Waals surface area (Å²) in [6.07, 6.45) is 3.24. The van der Waals surface area contributed by atoms with Crippen LogP contribution >= 0.6 is 11.6 Å². The molecule has 0 aromatic heterocycles. The maximum absolute atomic E-state index is 11.2. The number of allylic oxidation sites excluding steroid dienone is 1. The summed E-state index contributed by atoms with van der Waals surface area (Å²) in [4.78, 5) is 11.0. The van der Waals surface area contributed by atoms with Gasteiger partial charge in [0.2, 0.25) is 5.91 Å². The molecule has 1 heterocycles. The van der Waals surface area contributed by atoms with Crippen LogP contribution in [0.4, 0.5) is 0 Å². The van der Waals surface area contributed by atoms with E-state index in [0.29, 0.717) is 18.3 Å². The summed E-state index contributed by atoms with van der Waals surface area (Å²) in [5, 5.41) is 2.94. The van der Waals surface area contributed by atoms with E-state index < -0.39 is 0 Å². The molecule has 0 bridgehead atoms. The molecular formula is C10H14ClNO. The molecule has 1 N–H and O–H groups in total. The lowest BCUT2D eigenvalue weighted by atomic mass is 9.97. The van der Waals surface area contributed by atoms with E-state index in [1.165, 1.54) is 0 Å². The van der Waals surface area contributed by atoms with Crippen molar-refractivity contribution >= 4 is 17.5 Å². The number of alkyl halides is 1. The third-order valence-corrected chi connectivity index (χ3v) is 3.86. The van der Waals surface area contributed by atoms with Crippen LogP contribution in [0, 0.1) is 11.8 Å². The SMILES string of the molecule is C=CCC1(Cl)C2NC(=O)CC(C)C21. The summed E-state index contributed by atoms with van der Waals surface area (Å²) in [5.41, 5.74) is 0. The van der Waals surface area contributed by atoms with Gasteiger partial charge in [-0.15, -0.1) is 18.2 Å². The van der Waals surface area contributed by atoms with Gasteiger partial charge in [-0.25, -0.2) is 0 Å². The van der Waals surface area contributed by atoms with Gasteiger partial charge in [-0.2, -0.15) is 0 Å². The molecule has 2 rings (SSSR count). The minimum Gasteiger partial charge on any atom is -0.351 e. The smallest absolute Gasteiger partial charge is 0.220 e. The molecule has 0 spiro atoms. The highest BCUT2D eigenvalue weighted by molar-refractivity contribution is 6.27. The number of amides is 1. The fraction of sp³-hybridized carbons (Fsp3) is 0.700. The fourth-order valence-corrected chi connectivity index (χ4v) is 3.16. The Morgan fingerprint density at radius 1 is 1.85 bits per heavy atom. The van der Waals surface area contributed by atoms with E-state index in [4.69, 9.17) is 11.6 Å². The molecule has 1 saturated heterocycles. The molecule has 13 heavy (non-hydrogen) atoms. The predicted molar refractivity (Wildman–Crippen MR) is 52.6 cm³/mol. The van der Waals surface area contributed by atoms with E-state index in [9.17, 15) is 4.79 Å². The van der Waals surface area contributed by atoms with Gasteiger partial charge < -0.3 is 5.32 Å². The fourth-order valence-electron chi connectivity index (χ4n) is 2.58. The molecule has 1 saturated carbocycles. The summed E-state index contributed by atoms with van der Waals surface area (Å²) in [6.45, 7) is 5.79. The topological polar surface area (TPSA) is 29.1 Å². The zero-order chi connectivity index (χ0) is 9.64. The first-order valence-corrected chi connectivity index (χ1v) is 5.06. The number of halogens is 1. The van der Waals surface area contributed by atoms with Gasteiger partial charge in [-0.1, -0.05) is 13.0 Å². The molecule has 1 aliphatic carbocycles. The Bertz CT molecular complexity index is 266. The lowest BCUT2D eigenvalue weighted by Gasteiger charge is -2.15. The highest BCUT2D eigenvalue weighted by Gasteiger charge is 2.67. The lowest BCUT2D eigenvalue weighted by Crippen LogP contribution is -2.34. The highest BCUT2D eigenvalue weighted by atomic mass is 35.5. The first-order chi connectivity index (χ1) is 6.09. The number of nitrogens with one attached hydrogen (secondary N) is 1.